The third-order valence-corrected chi connectivity index (χ3v) is 5.30. The summed E-state index contributed by atoms with van der Waals surface area (Å²) in [5, 5.41) is 9.30. The number of rotatable bonds is 3. The van der Waals surface area contributed by atoms with Gasteiger partial charge in [0.25, 0.3) is 0 Å². The van der Waals surface area contributed by atoms with Gasteiger partial charge in [-0.05, 0) is 30.4 Å². The van der Waals surface area contributed by atoms with Crippen LogP contribution in [-0.4, -0.2) is 41.4 Å². The number of carbonyl (C=O) groups excluding carboxylic acids is 1. The highest BCUT2D eigenvalue weighted by atomic mass is 32.2. The molecule has 3 rings (SSSR count). The highest BCUT2D eigenvalue weighted by Gasteiger charge is 2.34. The second-order valence-electron chi connectivity index (χ2n) is 5.61. The van der Waals surface area contributed by atoms with Crippen LogP contribution in [0.4, 0.5) is 0 Å². The summed E-state index contributed by atoms with van der Waals surface area (Å²) in [6, 6.07) is 8.19. The van der Waals surface area contributed by atoms with E-state index < -0.39 is 0 Å². The zero-order valence-corrected chi connectivity index (χ0v) is 11.9. The molecule has 19 heavy (non-hydrogen) atoms. The van der Waals surface area contributed by atoms with Gasteiger partial charge in [-0.3, -0.25) is 4.79 Å². The maximum Gasteiger partial charge on any atom is 0.230 e. The minimum absolute atomic E-state index is 0.0104. The van der Waals surface area contributed by atoms with Crippen molar-refractivity contribution in [3.05, 3.63) is 29.8 Å². The Morgan fingerprint density at radius 3 is 2.89 bits per heavy atom. The van der Waals surface area contributed by atoms with E-state index in [0.717, 1.165) is 25.1 Å². The summed E-state index contributed by atoms with van der Waals surface area (Å²) in [6.07, 6.45) is 1.54. The molecule has 0 bridgehead atoms. The van der Waals surface area contributed by atoms with Gasteiger partial charge in [0, 0.05) is 24.2 Å². The monoisotopic (exact) mass is 277 g/mol. The lowest BCUT2D eigenvalue weighted by atomic mass is 9.82. The molecule has 1 aromatic carbocycles. The van der Waals surface area contributed by atoms with Gasteiger partial charge in [-0.15, -0.1) is 11.8 Å². The quantitative estimate of drug-likeness (QED) is 0.920. The zero-order chi connectivity index (χ0) is 13.4. The van der Waals surface area contributed by atoms with E-state index in [1.807, 2.05) is 24.1 Å². The predicted octanol–water partition coefficient (Wildman–Crippen LogP) is 2.11. The van der Waals surface area contributed by atoms with Gasteiger partial charge in [0.2, 0.25) is 5.91 Å². The Bertz CT molecular complexity index is 485. The first-order chi connectivity index (χ1) is 9.15. The van der Waals surface area contributed by atoms with E-state index in [0.29, 0.717) is 5.92 Å². The molecule has 0 saturated heterocycles. The third kappa shape index (κ3) is 2.51. The Hall–Kier alpha value is -1.00. The maximum absolute atomic E-state index is 12.5. The molecule has 0 spiro atoms. The molecule has 102 valence electrons. The lowest BCUT2D eigenvalue weighted by Gasteiger charge is -2.35. The van der Waals surface area contributed by atoms with Gasteiger partial charge in [0.1, 0.15) is 0 Å². The molecule has 4 heteroatoms. The van der Waals surface area contributed by atoms with Crippen LogP contribution >= 0.6 is 11.8 Å². The highest BCUT2D eigenvalue weighted by Crippen LogP contribution is 2.40. The zero-order valence-electron chi connectivity index (χ0n) is 11.1. The Morgan fingerprint density at radius 2 is 2.16 bits per heavy atom. The van der Waals surface area contributed by atoms with Crippen molar-refractivity contribution in [3.63, 3.8) is 0 Å². The molecule has 1 aliphatic heterocycles. The van der Waals surface area contributed by atoms with Crippen molar-refractivity contribution in [2.24, 2.45) is 5.92 Å². The maximum atomic E-state index is 12.5. The van der Waals surface area contributed by atoms with Gasteiger partial charge >= 0.3 is 0 Å². The third-order valence-electron chi connectivity index (χ3n) is 4.12. The van der Waals surface area contributed by atoms with Crippen LogP contribution in [-0.2, 0) is 4.79 Å². The summed E-state index contributed by atoms with van der Waals surface area (Å²) >= 11 is 1.77. The van der Waals surface area contributed by atoms with E-state index in [4.69, 9.17) is 0 Å². The highest BCUT2D eigenvalue weighted by molar-refractivity contribution is 7.99. The lowest BCUT2D eigenvalue weighted by Crippen LogP contribution is -2.41. The number of amides is 1. The van der Waals surface area contributed by atoms with E-state index >= 15 is 0 Å². The van der Waals surface area contributed by atoms with Crippen LogP contribution in [0.25, 0.3) is 0 Å². The molecule has 3 nitrogen and oxygen atoms in total. The Morgan fingerprint density at radius 1 is 1.42 bits per heavy atom. The first kappa shape index (κ1) is 13.0. The van der Waals surface area contributed by atoms with Crippen LogP contribution in [0.3, 0.4) is 0 Å². The minimum Gasteiger partial charge on any atom is -0.393 e. The number of aliphatic hydroxyl groups is 1. The number of thioether (sulfide) groups is 1. The number of hydrogen-bond donors (Lipinski definition) is 1. The predicted molar refractivity (Wildman–Crippen MR) is 76.3 cm³/mol. The fourth-order valence-corrected chi connectivity index (χ4v) is 4.18. The fraction of sp³-hybridized carbons (Fsp3) is 0.533. The molecule has 2 aliphatic rings. The number of likely N-dealkylation sites (N-methyl/N-ethyl adjacent to an activating group) is 1. The minimum atomic E-state index is -0.142. The van der Waals surface area contributed by atoms with Gasteiger partial charge in [-0.2, -0.15) is 0 Å². The summed E-state index contributed by atoms with van der Waals surface area (Å²) < 4.78 is 0. The van der Waals surface area contributed by atoms with Crippen LogP contribution in [0.5, 0.6) is 0 Å². The van der Waals surface area contributed by atoms with Crippen LogP contribution in [0.2, 0.25) is 0 Å². The number of aliphatic hydroxyl groups excluding tert-OH is 1. The Kier molecular flexibility index (Phi) is 3.54. The van der Waals surface area contributed by atoms with Gasteiger partial charge in [-0.25, -0.2) is 0 Å². The van der Waals surface area contributed by atoms with Crippen molar-refractivity contribution < 1.29 is 9.90 Å². The topological polar surface area (TPSA) is 40.5 Å². The summed E-state index contributed by atoms with van der Waals surface area (Å²) in [5.41, 5.74) is 1.18. The molecule has 0 radical (unpaired) electrons. The number of fused-ring (bicyclic) bond motifs is 1. The standard InChI is InChI=1S/C15H19NO2S/c1-16(8-10-6-11(17)7-10)15(18)13-9-19-14-5-3-2-4-12(13)14/h2-5,10-11,13,17H,6-9H2,1H3. The van der Waals surface area contributed by atoms with Crippen LogP contribution in [0.1, 0.15) is 24.3 Å². The average molecular weight is 277 g/mol. The second-order valence-corrected chi connectivity index (χ2v) is 6.67. The first-order valence-electron chi connectivity index (χ1n) is 6.80. The molecular formula is C15H19NO2S. The first-order valence-corrected chi connectivity index (χ1v) is 7.78. The summed E-state index contributed by atoms with van der Waals surface area (Å²) in [5.74, 6) is 1.57. The van der Waals surface area contributed by atoms with E-state index in [2.05, 4.69) is 12.1 Å². The molecule has 1 atom stereocenters. The number of carbonyl (C=O) groups is 1. The van der Waals surface area contributed by atoms with E-state index in [9.17, 15) is 9.90 Å². The number of benzene rings is 1. The van der Waals surface area contributed by atoms with E-state index in [-0.39, 0.29) is 17.9 Å². The molecule has 1 aliphatic carbocycles. The SMILES string of the molecule is CN(CC1CC(O)C1)C(=O)C1CSc2ccccc21. The largest absolute Gasteiger partial charge is 0.393 e. The normalized spacial score (nSPS) is 28.6. The smallest absolute Gasteiger partial charge is 0.230 e. The van der Waals surface area contributed by atoms with Crippen LogP contribution < -0.4 is 0 Å². The van der Waals surface area contributed by atoms with Crippen molar-refractivity contribution >= 4 is 17.7 Å². The van der Waals surface area contributed by atoms with E-state index in [1.54, 1.807) is 11.8 Å². The molecule has 1 heterocycles. The van der Waals surface area contributed by atoms with Gasteiger partial charge < -0.3 is 10.0 Å². The summed E-state index contributed by atoms with van der Waals surface area (Å²) in [6.45, 7) is 0.777. The van der Waals surface area contributed by atoms with Crippen molar-refractivity contribution in [2.75, 3.05) is 19.3 Å². The van der Waals surface area contributed by atoms with Crippen molar-refractivity contribution in [1.29, 1.82) is 0 Å². The molecular weight excluding hydrogens is 258 g/mol. The van der Waals surface area contributed by atoms with Crippen LogP contribution in [0.15, 0.2) is 29.2 Å². The average Bonchev–Trinajstić information content (AvgIpc) is 2.79. The molecule has 1 saturated carbocycles. The Labute approximate surface area is 118 Å². The van der Waals surface area contributed by atoms with Crippen LogP contribution in [0, 0.1) is 5.92 Å². The molecule has 0 aromatic heterocycles. The summed E-state index contributed by atoms with van der Waals surface area (Å²) in [7, 11) is 1.89. The van der Waals surface area contributed by atoms with Gasteiger partial charge in [0.05, 0.1) is 12.0 Å². The number of hydrogen-bond acceptors (Lipinski definition) is 3. The second kappa shape index (κ2) is 5.17. The van der Waals surface area contributed by atoms with Gasteiger partial charge in [0.15, 0.2) is 0 Å². The summed E-state index contributed by atoms with van der Waals surface area (Å²) in [4.78, 5) is 15.6. The van der Waals surface area contributed by atoms with E-state index in [1.165, 1.54) is 10.5 Å². The fourth-order valence-electron chi connectivity index (χ4n) is 2.96. The lowest BCUT2D eigenvalue weighted by molar-refractivity contribution is -0.132. The van der Waals surface area contributed by atoms with Crippen molar-refractivity contribution in [1.82, 2.24) is 4.90 Å². The van der Waals surface area contributed by atoms with Crippen molar-refractivity contribution in [3.8, 4) is 0 Å². The van der Waals surface area contributed by atoms with Crippen molar-refractivity contribution in [2.45, 2.75) is 29.8 Å². The van der Waals surface area contributed by atoms with Gasteiger partial charge in [-0.1, -0.05) is 18.2 Å². The Balaban J connectivity index is 1.64. The molecule has 1 aromatic rings. The molecule has 1 unspecified atom stereocenters. The molecule has 1 fully saturated rings. The molecule has 1 amide bonds. The number of nitrogens with zero attached hydrogens (tertiary/aromatic N) is 1. The molecule has 1 N–H and O–H groups in total.